The summed E-state index contributed by atoms with van der Waals surface area (Å²) in [5.41, 5.74) is -0.665. The number of hydrogen-bond donors (Lipinski definition) is 5. The molecule has 2 aromatic heterocycles. The molecule has 10 nitrogen and oxygen atoms in total. The van der Waals surface area contributed by atoms with Crippen LogP contribution in [0.25, 0.3) is 0 Å². The van der Waals surface area contributed by atoms with Crippen molar-refractivity contribution in [1.82, 2.24) is 30.0 Å². The molecule has 10 heteroatoms. The fourth-order valence-electron chi connectivity index (χ4n) is 3.52. The molecule has 182 valence electrons. The number of likely N-dealkylation sites (tertiary alicyclic amines) is 1. The first-order chi connectivity index (χ1) is 16.0. The fraction of sp³-hybridized carbons (Fsp3) is 0.522. The SMILES string of the molecule is CC1(O)CCN(C(=O)Nc2ncccccc[nH]2)CC1.CO.c1cnn(C2CCNCC2)c1. The largest absolute Gasteiger partial charge is 0.400 e. The molecule has 5 N–H and O–H groups in total. The maximum atomic E-state index is 12.1. The number of carbonyl (C=O) groups is 1. The molecule has 0 saturated carbocycles. The Bertz CT molecular complexity index is 813. The topological polar surface area (TPSA) is 131 Å². The molecule has 2 aromatic rings. The number of aromatic amines is 1. The van der Waals surface area contributed by atoms with E-state index >= 15 is 0 Å². The monoisotopic (exact) mass is 459 g/mol. The van der Waals surface area contributed by atoms with Gasteiger partial charge in [0.1, 0.15) is 0 Å². The van der Waals surface area contributed by atoms with Gasteiger partial charge in [-0.1, -0.05) is 12.1 Å². The second-order valence-corrected chi connectivity index (χ2v) is 8.09. The number of aliphatic hydroxyl groups is 2. The van der Waals surface area contributed by atoms with Gasteiger partial charge in [0.25, 0.3) is 0 Å². The van der Waals surface area contributed by atoms with E-state index in [9.17, 15) is 9.90 Å². The highest BCUT2D eigenvalue weighted by atomic mass is 16.3. The van der Waals surface area contributed by atoms with E-state index in [0.29, 0.717) is 37.9 Å². The lowest BCUT2D eigenvalue weighted by molar-refractivity contribution is 0.00569. The highest BCUT2D eigenvalue weighted by molar-refractivity contribution is 5.87. The Balaban J connectivity index is 0.000000249. The number of aromatic nitrogens is 4. The van der Waals surface area contributed by atoms with Crippen LogP contribution in [0, 0.1) is 0 Å². The van der Waals surface area contributed by atoms with Crippen molar-refractivity contribution in [3.8, 4) is 0 Å². The second kappa shape index (κ2) is 14.2. The Hall–Kier alpha value is -2.95. The van der Waals surface area contributed by atoms with Crippen LogP contribution < -0.4 is 10.6 Å². The van der Waals surface area contributed by atoms with Crippen molar-refractivity contribution in [1.29, 1.82) is 0 Å². The number of carbonyl (C=O) groups excluding carboxylic acids is 1. The third kappa shape index (κ3) is 9.60. The second-order valence-electron chi connectivity index (χ2n) is 8.09. The highest BCUT2D eigenvalue weighted by Gasteiger charge is 2.29. The van der Waals surface area contributed by atoms with Crippen molar-refractivity contribution in [2.75, 3.05) is 38.6 Å². The smallest absolute Gasteiger partial charge is 0.324 e. The summed E-state index contributed by atoms with van der Waals surface area (Å²) in [7, 11) is 1.00. The van der Waals surface area contributed by atoms with Crippen LogP contribution in [0.1, 0.15) is 38.6 Å². The number of amides is 2. The summed E-state index contributed by atoms with van der Waals surface area (Å²) < 4.78 is 2.07. The zero-order chi connectivity index (χ0) is 23.9. The predicted molar refractivity (Wildman–Crippen MR) is 128 cm³/mol. The average molecular weight is 460 g/mol. The molecular weight excluding hydrogens is 422 g/mol. The van der Waals surface area contributed by atoms with Crippen molar-refractivity contribution in [2.45, 2.75) is 44.2 Å². The molecule has 2 aliphatic heterocycles. The molecule has 0 unspecified atom stereocenters. The van der Waals surface area contributed by atoms with Crippen molar-refractivity contribution in [3.05, 3.63) is 55.1 Å². The minimum Gasteiger partial charge on any atom is -0.400 e. The number of hydrogen-bond acceptors (Lipinski definition) is 6. The number of H-pyrrole nitrogens is 1. The van der Waals surface area contributed by atoms with E-state index in [-0.39, 0.29) is 6.03 Å². The molecule has 4 rings (SSSR count). The maximum absolute atomic E-state index is 12.1. The number of anilines is 1. The third-order valence-electron chi connectivity index (χ3n) is 5.50. The summed E-state index contributed by atoms with van der Waals surface area (Å²) in [4.78, 5) is 20.8. The number of rotatable bonds is 2. The van der Waals surface area contributed by atoms with Gasteiger partial charge < -0.3 is 25.4 Å². The Morgan fingerprint density at radius 2 is 1.79 bits per heavy atom. The first-order valence-corrected chi connectivity index (χ1v) is 11.3. The Morgan fingerprint density at radius 3 is 2.45 bits per heavy atom. The van der Waals surface area contributed by atoms with E-state index in [0.717, 1.165) is 20.2 Å². The summed E-state index contributed by atoms with van der Waals surface area (Å²) in [5, 5.41) is 27.2. The van der Waals surface area contributed by atoms with Gasteiger partial charge in [0.15, 0.2) is 0 Å². The van der Waals surface area contributed by atoms with Crippen LogP contribution >= 0.6 is 0 Å². The van der Waals surface area contributed by atoms with Crippen LogP contribution in [0.4, 0.5) is 10.7 Å². The van der Waals surface area contributed by atoms with E-state index < -0.39 is 5.60 Å². The van der Waals surface area contributed by atoms with Crippen LogP contribution in [-0.4, -0.2) is 79.8 Å². The first kappa shape index (κ1) is 26.3. The lowest BCUT2D eigenvalue weighted by atomic mass is 9.94. The Morgan fingerprint density at radius 1 is 1.09 bits per heavy atom. The molecular formula is C23H37N7O3. The van der Waals surface area contributed by atoms with Crippen molar-refractivity contribution in [3.63, 3.8) is 0 Å². The van der Waals surface area contributed by atoms with E-state index in [2.05, 4.69) is 36.6 Å². The van der Waals surface area contributed by atoms with Gasteiger partial charge in [-0.3, -0.25) is 10.00 Å². The first-order valence-electron chi connectivity index (χ1n) is 11.3. The Labute approximate surface area is 195 Å². The van der Waals surface area contributed by atoms with Gasteiger partial charge in [0.2, 0.25) is 5.95 Å². The minimum absolute atomic E-state index is 0.208. The maximum Gasteiger partial charge on any atom is 0.324 e. The van der Waals surface area contributed by atoms with E-state index in [1.807, 2.05) is 30.5 Å². The van der Waals surface area contributed by atoms with Crippen molar-refractivity contribution in [2.24, 2.45) is 0 Å². The normalized spacial score (nSPS) is 17.4. The number of aliphatic hydroxyl groups excluding tert-OH is 1. The molecule has 0 aliphatic carbocycles. The predicted octanol–water partition coefficient (Wildman–Crippen LogP) is 2.33. The van der Waals surface area contributed by atoms with E-state index in [1.165, 1.54) is 12.8 Å². The number of nitrogens with one attached hydrogen (secondary N) is 3. The molecule has 2 saturated heterocycles. The standard InChI is InChI=1S/C14H20N4O2.C8H13N3.CH4O/c1-14(20)6-10-18(11-7-14)13(19)17-12-15-8-4-2-3-5-9-16-12;1-4-10-11(7-1)8-2-5-9-6-3-8;1-2/h2-5,8-9,20H,6-7,10-11H2,1H3,(H2,15,16,17,19);1,4,7-9H,2-3,5-6H2;2H,1H3. The van der Waals surface area contributed by atoms with Gasteiger partial charge in [-0.2, -0.15) is 5.10 Å². The van der Waals surface area contributed by atoms with Crippen LogP contribution in [0.3, 0.4) is 0 Å². The van der Waals surface area contributed by atoms with Gasteiger partial charge in [0, 0.05) is 45.0 Å². The summed E-state index contributed by atoms with van der Waals surface area (Å²) in [6, 6.07) is 9.71. The van der Waals surface area contributed by atoms with E-state index in [1.54, 1.807) is 30.3 Å². The van der Waals surface area contributed by atoms with Gasteiger partial charge in [0.05, 0.1) is 11.6 Å². The van der Waals surface area contributed by atoms with Crippen LogP contribution in [0.2, 0.25) is 0 Å². The molecule has 33 heavy (non-hydrogen) atoms. The summed E-state index contributed by atoms with van der Waals surface area (Å²) >= 11 is 0. The molecule has 0 atom stereocenters. The van der Waals surface area contributed by atoms with Gasteiger partial charge in [-0.15, -0.1) is 0 Å². The molecule has 0 bridgehead atoms. The fourth-order valence-corrected chi connectivity index (χ4v) is 3.52. The highest BCUT2D eigenvalue weighted by Crippen LogP contribution is 2.21. The zero-order valence-electron chi connectivity index (χ0n) is 19.5. The summed E-state index contributed by atoms with van der Waals surface area (Å²) in [6.07, 6.45) is 10.8. The Kier molecular flexibility index (Phi) is 11.4. The van der Waals surface area contributed by atoms with Crippen molar-refractivity contribution < 1.29 is 15.0 Å². The lowest BCUT2D eigenvalue weighted by Crippen LogP contribution is -2.46. The molecule has 2 fully saturated rings. The van der Waals surface area contributed by atoms with Crippen LogP contribution in [0.5, 0.6) is 0 Å². The average Bonchev–Trinajstić information content (AvgIpc) is 3.40. The quantitative estimate of drug-likeness (QED) is 0.468. The van der Waals surface area contributed by atoms with E-state index in [4.69, 9.17) is 5.11 Å². The van der Waals surface area contributed by atoms with Gasteiger partial charge >= 0.3 is 6.03 Å². The number of piperidine rings is 2. The molecule has 4 heterocycles. The zero-order valence-corrected chi connectivity index (χ0v) is 19.5. The summed E-state index contributed by atoms with van der Waals surface area (Å²) in [6.45, 7) is 5.14. The third-order valence-corrected chi connectivity index (χ3v) is 5.50. The van der Waals surface area contributed by atoms with Crippen LogP contribution in [-0.2, 0) is 0 Å². The minimum atomic E-state index is -0.665. The van der Waals surface area contributed by atoms with Crippen LogP contribution in [0.15, 0.2) is 55.1 Å². The molecule has 2 amide bonds. The van der Waals surface area contributed by atoms with Gasteiger partial charge in [-0.25, -0.2) is 9.78 Å². The summed E-state index contributed by atoms with van der Waals surface area (Å²) in [5.74, 6) is 0.378. The van der Waals surface area contributed by atoms with Crippen molar-refractivity contribution >= 4 is 12.0 Å². The lowest BCUT2D eigenvalue weighted by Gasteiger charge is -2.35. The van der Waals surface area contributed by atoms with Gasteiger partial charge in [-0.05, 0) is 63.9 Å². The molecule has 0 spiro atoms. The molecule has 0 aromatic carbocycles. The molecule has 0 radical (unpaired) electrons. The number of nitrogens with zero attached hydrogens (tertiary/aromatic N) is 4. The number of urea groups is 1. The molecule has 2 aliphatic rings.